The molecule has 0 aliphatic carbocycles. The van der Waals surface area contributed by atoms with Crippen LogP contribution in [-0.2, 0) is 9.84 Å². The van der Waals surface area contributed by atoms with E-state index in [1.54, 1.807) is 24.3 Å². The maximum atomic E-state index is 12.0. The lowest BCUT2D eigenvalue weighted by Crippen LogP contribution is -2.35. The number of nitrogens with one attached hydrogen (secondary N) is 1. The molecule has 21 heavy (non-hydrogen) atoms. The Labute approximate surface area is 125 Å². The summed E-state index contributed by atoms with van der Waals surface area (Å²) in [7, 11) is -2.98. The Bertz CT molecular complexity index is 580. The molecule has 0 radical (unpaired) electrons. The zero-order valence-corrected chi connectivity index (χ0v) is 13.0. The molecule has 116 valence electrons. The molecular weight excluding hydrogens is 290 g/mol. The van der Waals surface area contributed by atoms with Crippen molar-refractivity contribution in [2.24, 2.45) is 0 Å². The molecule has 1 fully saturated rings. The first kappa shape index (κ1) is 15.8. The van der Waals surface area contributed by atoms with Crippen molar-refractivity contribution in [2.75, 3.05) is 18.1 Å². The highest BCUT2D eigenvalue weighted by atomic mass is 32.2. The van der Waals surface area contributed by atoms with E-state index in [1.807, 2.05) is 0 Å². The zero-order chi connectivity index (χ0) is 15.3. The molecule has 1 atom stereocenters. The number of benzene rings is 1. The SMILES string of the molecule is CCCCOc1ccc(C(=O)N[C@H]2CCS(=O)(=O)C2)cc1. The smallest absolute Gasteiger partial charge is 0.251 e. The molecule has 1 saturated heterocycles. The van der Waals surface area contributed by atoms with E-state index in [0.717, 1.165) is 18.6 Å². The minimum Gasteiger partial charge on any atom is -0.494 e. The van der Waals surface area contributed by atoms with Crippen LogP contribution >= 0.6 is 0 Å². The van der Waals surface area contributed by atoms with Gasteiger partial charge >= 0.3 is 0 Å². The summed E-state index contributed by atoms with van der Waals surface area (Å²) < 4.78 is 28.3. The zero-order valence-electron chi connectivity index (χ0n) is 12.2. The fourth-order valence-electron chi connectivity index (χ4n) is 2.21. The van der Waals surface area contributed by atoms with Gasteiger partial charge in [-0.1, -0.05) is 13.3 Å². The highest BCUT2D eigenvalue weighted by molar-refractivity contribution is 7.91. The number of carbonyl (C=O) groups excluding carboxylic acids is 1. The van der Waals surface area contributed by atoms with Crippen LogP contribution in [0.15, 0.2) is 24.3 Å². The van der Waals surface area contributed by atoms with Crippen LogP contribution in [0.4, 0.5) is 0 Å². The molecule has 2 rings (SSSR count). The van der Waals surface area contributed by atoms with E-state index in [9.17, 15) is 13.2 Å². The van der Waals surface area contributed by atoms with E-state index in [2.05, 4.69) is 12.2 Å². The van der Waals surface area contributed by atoms with Gasteiger partial charge in [-0.15, -0.1) is 0 Å². The van der Waals surface area contributed by atoms with Gasteiger partial charge in [0.2, 0.25) is 0 Å². The summed E-state index contributed by atoms with van der Waals surface area (Å²) in [4.78, 5) is 12.0. The third kappa shape index (κ3) is 4.74. The lowest BCUT2D eigenvalue weighted by atomic mass is 10.2. The molecule has 0 saturated carbocycles. The fraction of sp³-hybridized carbons (Fsp3) is 0.533. The predicted octanol–water partition coefficient (Wildman–Crippen LogP) is 1.78. The highest BCUT2D eigenvalue weighted by Gasteiger charge is 2.29. The Morgan fingerprint density at radius 3 is 2.62 bits per heavy atom. The Balaban J connectivity index is 1.88. The molecular formula is C15H21NO4S. The van der Waals surface area contributed by atoms with Gasteiger partial charge < -0.3 is 10.1 Å². The van der Waals surface area contributed by atoms with E-state index in [0.29, 0.717) is 18.6 Å². The van der Waals surface area contributed by atoms with Crippen LogP contribution in [-0.4, -0.2) is 38.5 Å². The number of ether oxygens (including phenoxy) is 1. The van der Waals surface area contributed by atoms with Gasteiger partial charge in [0.1, 0.15) is 5.75 Å². The summed E-state index contributed by atoms with van der Waals surface area (Å²) in [6, 6.07) is 6.63. The van der Waals surface area contributed by atoms with Gasteiger partial charge in [-0.25, -0.2) is 8.42 Å². The second-order valence-corrected chi connectivity index (χ2v) is 7.53. The van der Waals surface area contributed by atoms with Gasteiger partial charge in [0.15, 0.2) is 9.84 Å². The van der Waals surface area contributed by atoms with Crippen molar-refractivity contribution in [3.05, 3.63) is 29.8 Å². The van der Waals surface area contributed by atoms with Crippen LogP contribution in [0.3, 0.4) is 0 Å². The number of hydrogen-bond donors (Lipinski definition) is 1. The van der Waals surface area contributed by atoms with Crippen LogP contribution in [0, 0.1) is 0 Å². The number of unbranched alkanes of at least 4 members (excludes halogenated alkanes) is 1. The van der Waals surface area contributed by atoms with E-state index in [1.165, 1.54) is 0 Å². The predicted molar refractivity (Wildman–Crippen MR) is 81.4 cm³/mol. The summed E-state index contributed by atoms with van der Waals surface area (Å²) in [5, 5.41) is 2.76. The average Bonchev–Trinajstić information content (AvgIpc) is 2.79. The number of carbonyl (C=O) groups is 1. The summed E-state index contributed by atoms with van der Waals surface area (Å²) in [6.07, 6.45) is 2.56. The molecule has 6 heteroatoms. The summed E-state index contributed by atoms with van der Waals surface area (Å²) >= 11 is 0. The van der Waals surface area contributed by atoms with E-state index in [-0.39, 0.29) is 23.5 Å². The van der Waals surface area contributed by atoms with Gasteiger partial charge in [-0.3, -0.25) is 4.79 Å². The molecule has 1 aliphatic heterocycles. The van der Waals surface area contributed by atoms with Crippen molar-refractivity contribution in [3.63, 3.8) is 0 Å². The first-order chi connectivity index (χ1) is 10.00. The average molecular weight is 311 g/mol. The molecule has 0 aromatic heterocycles. The molecule has 0 unspecified atom stereocenters. The summed E-state index contributed by atoms with van der Waals surface area (Å²) in [5.41, 5.74) is 0.516. The Hall–Kier alpha value is -1.56. The Morgan fingerprint density at radius 1 is 1.33 bits per heavy atom. The van der Waals surface area contributed by atoms with Gasteiger partial charge in [-0.05, 0) is 37.1 Å². The van der Waals surface area contributed by atoms with E-state index < -0.39 is 9.84 Å². The molecule has 1 heterocycles. The van der Waals surface area contributed by atoms with Crippen molar-refractivity contribution in [1.82, 2.24) is 5.32 Å². The van der Waals surface area contributed by atoms with E-state index >= 15 is 0 Å². The van der Waals surface area contributed by atoms with Crippen LogP contribution < -0.4 is 10.1 Å². The molecule has 0 bridgehead atoms. The largest absolute Gasteiger partial charge is 0.494 e. The first-order valence-electron chi connectivity index (χ1n) is 7.24. The molecule has 1 aliphatic rings. The second kappa shape index (κ2) is 6.93. The normalized spacial score (nSPS) is 20.1. The molecule has 5 nitrogen and oxygen atoms in total. The molecule has 1 amide bonds. The third-order valence-electron chi connectivity index (χ3n) is 3.45. The number of sulfone groups is 1. The van der Waals surface area contributed by atoms with Crippen LogP contribution in [0.1, 0.15) is 36.5 Å². The third-order valence-corrected chi connectivity index (χ3v) is 5.22. The van der Waals surface area contributed by atoms with Crippen molar-refractivity contribution in [1.29, 1.82) is 0 Å². The highest BCUT2D eigenvalue weighted by Crippen LogP contribution is 2.15. The number of hydrogen-bond acceptors (Lipinski definition) is 4. The summed E-state index contributed by atoms with van der Waals surface area (Å²) in [5.74, 6) is 0.694. The van der Waals surface area contributed by atoms with Gasteiger partial charge in [0.25, 0.3) is 5.91 Å². The topological polar surface area (TPSA) is 72.5 Å². The van der Waals surface area contributed by atoms with Crippen molar-refractivity contribution < 1.29 is 17.9 Å². The van der Waals surface area contributed by atoms with Crippen molar-refractivity contribution in [2.45, 2.75) is 32.2 Å². The van der Waals surface area contributed by atoms with Crippen LogP contribution in [0.25, 0.3) is 0 Å². The fourth-order valence-corrected chi connectivity index (χ4v) is 3.89. The van der Waals surface area contributed by atoms with Gasteiger partial charge in [0.05, 0.1) is 18.1 Å². The summed E-state index contributed by atoms with van der Waals surface area (Å²) in [6.45, 7) is 2.77. The minimum absolute atomic E-state index is 0.0386. The maximum Gasteiger partial charge on any atom is 0.251 e. The van der Waals surface area contributed by atoms with E-state index in [4.69, 9.17) is 4.74 Å². The molecule has 1 aromatic rings. The second-order valence-electron chi connectivity index (χ2n) is 5.30. The lowest BCUT2D eigenvalue weighted by molar-refractivity contribution is 0.0941. The Kier molecular flexibility index (Phi) is 5.22. The molecule has 0 spiro atoms. The van der Waals surface area contributed by atoms with Gasteiger partial charge in [-0.2, -0.15) is 0 Å². The lowest BCUT2D eigenvalue weighted by Gasteiger charge is -2.11. The molecule has 1 aromatic carbocycles. The standard InChI is InChI=1S/C15H21NO4S/c1-2-3-9-20-14-6-4-12(5-7-14)15(17)16-13-8-10-21(18,19)11-13/h4-7,13H,2-3,8-11H2,1H3,(H,16,17)/t13-/m0/s1. The monoisotopic (exact) mass is 311 g/mol. The maximum absolute atomic E-state index is 12.0. The van der Waals surface area contributed by atoms with Crippen LogP contribution in [0.5, 0.6) is 5.75 Å². The number of rotatable bonds is 6. The number of amides is 1. The quantitative estimate of drug-likeness (QED) is 0.813. The molecule has 1 N–H and O–H groups in total. The first-order valence-corrected chi connectivity index (χ1v) is 9.06. The van der Waals surface area contributed by atoms with Crippen LogP contribution in [0.2, 0.25) is 0 Å². The van der Waals surface area contributed by atoms with Crippen molar-refractivity contribution in [3.8, 4) is 5.75 Å². The Morgan fingerprint density at radius 2 is 2.05 bits per heavy atom. The van der Waals surface area contributed by atoms with Crippen molar-refractivity contribution >= 4 is 15.7 Å². The minimum atomic E-state index is -2.98. The van der Waals surface area contributed by atoms with Gasteiger partial charge in [0, 0.05) is 11.6 Å².